The number of hydrogen-bond acceptors (Lipinski definition) is 5. The Hall–Kier alpha value is -2.95. The van der Waals surface area contributed by atoms with Crippen LogP contribution in [0.25, 0.3) is 11.0 Å². The van der Waals surface area contributed by atoms with E-state index in [0.29, 0.717) is 11.1 Å². The number of nitrogens with one attached hydrogen (secondary N) is 2. The largest absolute Gasteiger partial charge is 0.422 e. The average molecular weight is 349 g/mol. The monoisotopic (exact) mass is 349 g/mol. The first-order chi connectivity index (χ1) is 12.5. The van der Waals surface area contributed by atoms with Gasteiger partial charge in [0.1, 0.15) is 11.2 Å². The molecule has 0 aliphatic carbocycles. The van der Waals surface area contributed by atoms with Crippen LogP contribution in [0.4, 0.5) is 17.1 Å². The molecular weight excluding hydrogens is 326 g/mol. The van der Waals surface area contributed by atoms with Crippen LogP contribution in [0.5, 0.6) is 0 Å². The van der Waals surface area contributed by atoms with Crippen LogP contribution in [-0.2, 0) is 5.66 Å². The second-order valence-corrected chi connectivity index (χ2v) is 6.76. The summed E-state index contributed by atoms with van der Waals surface area (Å²) in [7, 11) is 0. The molecular formula is C21H23N3O2. The summed E-state index contributed by atoms with van der Waals surface area (Å²) in [6.07, 6.45) is 0. The van der Waals surface area contributed by atoms with Crippen LogP contribution >= 0.6 is 0 Å². The van der Waals surface area contributed by atoms with E-state index < -0.39 is 5.66 Å². The van der Waals surface area contributed by atoms with E-state index in [-0.39, 0.29) is 5.63 Å². The first-order valence-corrected chi connectivity index (χ1v) is 9.03. The molecule has 0 bridgehead atoms. The first-order valence-electron chi connectivity index (χ1n) is 9.03. The zero-order valence-electron chi connectivity index (χ0n) is 15.3. The lowest BCUT2D eigenvalue weighted by Crippen LogP contribution is -2.39. The Morgan fingerprint density at radius 1 is 1.00 bits per heavy atom. The molecule has 0 radical (unpaired) electrons. The minimum absolute atomic E-state index is 0.329. The number of rotatable bonds is 4. The second-order valence-electron chi connectivity index (χ2n) is 6.76. The fourth-order valence-corrected chi connectivity index (χ4v) is 3.64. The topological polar surface area (TPSA) is 57.5 Å². The number of fused-ring (bicyclic) bond motifs is 2. The molecule has 0 amide bonds. The Balaban J connectivity index is 1.77. The van der Waals surface area contributed by atoms with Gasteiger partial charge in [0, 0.05) is 30.2 Å². The Morgan fingerprint density at radius 2 is 1.65 bits per heavy atom. The molecule has 26 heavy (non-hydrogen) atoms. The Labute approximate surface area is 152 Å². The van der Waals surface area contributed by atoms with Crippen LogP contribution in [0.15, 0.2) is 57.7 Å². The van der Waals surface area contributed by atoms with E-state index in [0.717, 1.165) is 35.5 Å². The summed E-state index contributed by atoms with van der Waals surface area (Å²) in [4.78, 5) is 15.0. The van der Waals surface area contributed by atoms with E-state index in [4.69, 9.17) is 4.42 Å². The van der Waals surface area contributed by atoms with E-state index in [1.165, 1.54) is 0 Å². The second kappa shape index (κ2) is 6.09. The predicted molar refractivity (Wildman–Crippen MR) is 107 cm³/mol. The molecule has 4 rings (SSSR count). The van der Waals surface area contributed by atoms with Gasteiger partial charge in [-0.3, -0.25) is 0 Å². The average Bonchev–Trinajstić information content (AvgIpc) is 2.99. The summed E-state index contributed by atoms with van der Waals surface area (Å²) in [5, 5.41) is 7.72. The Kier molecular flexibility index (Phi) is 3.87. The highest BCUT2D eigenvalue weighted by molar-refractivity contribution is 5.82. The molecule has 2 N–H and O–H groups in total. The van der Waals surface area contributed by atoms with Gasteiger partial charge in [0.2, 0.25) is 0 Å². The standard InChI is InChI=1S/C21H23N3O2/c1-4-24(5-2)15-11-10-14-12-16(20(25)26-19(14)13-15)21(3)22-17-8-6-7-9-18(17)23-21/h6-13,22-23H,4-5H2,1-3H3. The maximum atomic E-state index is 12.7. The number of anilines is 3. The lowest BCUT2D eigenvalue weighted by molar-refractivity contribution is 0.520. The Bertz CT molecular complexity index is 996. The maximum absolute atomic E-state index is 12.7. The fourth-order valence-electron chi connectivity index (χ4n) is 3.64. The normalized spacial score (nSPS) is 14.6. The molecule has 1 aliphatic heterocycles. The van der Waals surface area contributed by atoms with Crippen molar-refractivity contribution in [1.82, 2.24) is 0 Å². The van der Waals surface area contributed by atoms with Gasteiger partial charge >= 0.3 is 5.63 Å². The van der Waals surface area contributed by atoms with Gasteiger partial charge in [-0.05, 0) is 51.1 Å². The first kappa shape index (κ1) is 16.5. The van der Waals surface area contributed by atoms with Crippen LogP contribution in [-0.4, -0.2) is 13.1 Å². The smallest absolute Gasteiger partial charge is 0.343 e. The predicted octanol–water partition coefficient (Wildman–Crippen LogP) is 4.35. The van der Waals surface area contributed by atoms with Gasteiger partial charge < -0.3 is 20.0 Å². The number of hydrogen-bond donors (Lipinski definition) is 2. The molecule has 0 fully saturated rings. The summed E-state index contributed by atoms with van der Waals surface area (Å²) in [6.45, 7) is 8.00. The van der Waals surface area contributed by atoms with Crippen LogP contribution < -0.4 is 21.2 Å². The minimum Gasteiger partial charge on any atom is -0.422 e. The molecule has 0 unspecified atom stereocenters. The lowest BCUT2D eigenvalue weighted by Gasteiger charge is -2.26. The van der Waals surface area contributed by atoms with Gasteiger partial charge in [-0.2, -0.15) is 0 Å². The molecule has 1 aromatic heterocycles. The SMILES string of the molecule is CCN(CC)c1ccc2cc(C3(C)Nc4ccccc4N3)c(=O)oc2c1. The lowest BCUT2D eigenvalue weighted by atomic mass is 10.0. The molecule has 0 saturated carbocycles. The minimum atomic E-state index is -0.698. The zero-order chi connectivity index (χ0) is 18.3. The third-order valence-corrected chi connectivity index (χ3v) is 5.08. The van der Waals surface area contributed by atoms with E-state index in [2.05, 4.69) is 35.4 Å². The molecule has 5 nitrogen and oxygen atoms in total. The van der Waals surface area contributed by atoms with Crippen LogP contribution in [0.3, 0.4) is 0 Å². The van der Waals surface area contributed by atoms with Gasteiger partial charge in [-0.15, -0.1) is 0 Å². The van der Waals surface area contributed by atoms with E-state index in [9.17, 15) is 4.79 Å². The molecule has 134 valence electrons. The molecule has 0 spiro atoms. The van der Waals surface area contributed by atoms with Gasteiger partial charge in [0.25, 0.3) is 0 Å². The number of para-hydroxylation sites is 2. The van der Waals surface area contributed by atoms with Crippen molar-refractivity contribution < 1.29 is 4.42 Å². The summed E-state index contributed by atoms with van der Waals surface area (Å²) in [5.74, 6) is 0. The maximum Gasteiger partial charge on any atom is 0.343 e. The van der Waals surface area contributed by atoms with Crippen LogP contribution in [0, 0.1) is 0 Å². The van der Waals surface area contributed by atoms with Gasteiger partial charge in [-0.25, -0.2) is 4.79 Å². The quantitative estimate of drug-likeness (QED) is 0.686. The van der Waals surface area contributed by atoms with E-state index >= 15 is 0 Å². The highest BCUT2D eigenvalue weighted by Gasteiger charge is 2.36. The fraction of sp³-hybridized carbons (Fsp3) is 0.286. The molecule has 0 saturated heterocycles. The van der Waals surface area contributed by atoms with Crippen LogP contribution in [0.2, 0.25) is 0 Å². The van der Waals surface area contributed by atoms with Gasteiger partial charge in [0.15, 0.2) is 0 Å². The number of nitrogens with zero attached hydrogens (tertiary/aromatic N) is 1. The molecule has 2 aromatic carbocycles. The van der Waals surface area contributed by atoms with E-state index in [1.807, 2.05) is 49.4 Å². The molecule has 3 aromatic rings. The van der Waals surface area contributed by atoms with Crippen LogP contribution in [0.1, 0.15) is 26.3 Å². The molecule has 1 aliphatic rings. The van der Waals surface area contributed by atoms with Crippen molar-refractivity contribution in [3.8, 4) is 0 Å². The van der Waals surface area contributed by atoms with Crippen molar-refractivity contribution in [1.29, 1.82) is 0 Å². The van der Waals surface area contributed by atoms with Crippen molar-refractivity contribution in [3.63, 3.8) is 0 Å². The van der Waals surface area contributed by atoms with Gasteiger partial charge in [-0.1, -0.05) is 12.1 Å². The molecule has 0 atom stereocenters. The Morgan fingerprint density at radius 3 is 2.27 bits per heavy atom. The number of benzene rings is 2. The third kappa shape index (κ3) is 2.60. The van der Waals surface area contributed by atoms with E-state index in [1.54, 1.807) is 0 Å². The van der Waals surface area contributed by atoms with Gasteiger partial charge in [0.05, 0.1) is 16.9 Å². The van der Waals surface area contributed by atoms with Crippen molar-refractivity contribution in [2.75, 3.05) is 28.6 Å². The van der Waals surface area contributed by atoms with Crippen molar-refractivity contribution >= 4 is 28.0 Å². The zero-order valence-corrected chi connectivity index (χ0v) is 15.3. The third-order valence-electron chi connectivity index (χ3n) is 5.08. The van der Waals surface area contributed by atoms with Crippen molar-refractivity contribution in [2.45, 2.75) is 26.4 Å². The molecule has 5 heteroatoms. The summed E-state index contributed by atoms with van der Waals surface area (Å²) in [6, 6.07) is 15.9. The highest BCUT2D eigenvalue weighted by atomic mass is 16.4. The van der Waals surface area contributed by atoms with Crippen molar-refractivity contribution in [2.24, 2.45) is 0 Å². The summed E-state index contributed by atoms with van der Waals surface area (Å²) >= 11 is 0. The summed E-state index contributed by atoms with van der Waals surface area (Å²) < 4.78 is 5.69. The highest BCUT2D eigenvalue weighted by Crippen LogP contribution is 2.38. The van der Waals surface area contributed by atoms with Crippen molar-refractivity contribution in [3.05, 3.63) is 64.5 Å². The summed E-state index contributed by atoms with van der Waals surface area (Å²) in [5.41, 5.74) is 3.17. The molecule has 2 heterocycles.